The van der Waals surface area contributed by atoms with E-state index in [1.165, 1.54) is 11.0 Å². The highest BCUT2D eigenvalue weighted by Crippen LogP contribution is 2.22. The number of hydrogen-bond acceptors (Lipinski definition) is 2. The molecule has 0 aromatic carbocycles. The van der Waals surface area contributed by atoms with Crippen molar-refractivity contribution >= 4 is 6.09 Å². The zero-order valence-electron chi connectivity index (χ0n) is 10.9. The smallest absolute Gasteiger partial charge is 0.407 e. The van der Waals surface area contributed by atoms with E-state index in [1.807, 2.05) is 20.8 Å². The zero-order valence-corrected chi connectivity index (χ0v) is 10.9. The lowest BCUT2D eigenvalue weighted by atomic mass is 10.0. The molecule has 0 saturated carbocycles. The van der Waals surface area contributed by atoms with Gasteiger partial charge < -0.3 is 14.6 Å². The van der Waals surface area contributed by atoms with Gasteiger partial charge in [-0.3, -0.25) is 4.79 Å². The Morgan fingerprint density at radius 3 is 2.56 bits per heavy atom. The molecule has 0 fully saturated rings. The van der Waals surface area contributed by atoms with Gasteiger partial charge in [0.15, 0.2) is 0 Å². The summed E-state index contributed by atoms with van der Waals surface area (Å²) in [6, 6.07) is 3.27. The average molecular weight is 250 g/mol. The third-order valence-corrected chi connectivity index (χ3v) is 3.21. The van der Waals surface area contributed by atoms with Crippen LogP contribution in [0.4, 0.5) is 4.79 Å². The SMILES string of the molecule is CC(C)(C)n1c2c(ccc1=O)CN(C(=O)O)CC2. The minimum atomic E-state index is -0.908. The standard InChI is InChI=1S/C13H18N2O3/c1-13(2,3)15-10-6-7-14(12(17)18)8-9(10)4-5-11(15)16/h4-5H,6-8H2,1-3H3,(H,17,18). The maximum atomic E-state index is 12.0. The Hall–Kier alpha value is -1.78. The van der Waals surface area contributed by atoms with Crippen molar-refractivity contribution in [3.63, 3.8) is 0 Å². The molecule has 0 bridgehead atoms. The Bertz CT molecular complexity index is 540. The molecule has 98 valence electrons. The first-order valence-corrected chi connectivity index (χ1v) is 6.03. The summed E-state index contributed by atoms with van der Waals surface area (Å²) in [7, 11) is 0. The lowest BCUT2D eigenvalue weighted by Crippen LogP contribution is -2.42. The van der Waals surface area contributed by atoms with Gasteiger partial charge in [-0.2, -0.15) is 0 Å². The van der Waals surface area contributed by atoms with Crippen LogP contribution in [0.1, 0.15) is 32.0 Å². The van der Waals surface area contributed by atoms with Crippen molar-refractivity contribution in [2.24, 2.45) is 0 Å². The molecule has 2 heterocycles. The van der Waals surface area contributed by atoms with E-state index >= 15 is 0 Å². The van der Waals surface area contributed by atoms with Gasteiger partial charge in [0.1, 0.15) is 0 Å². The molecule has 1 N–H and O–H groups in total. The lowest BCUT2D eigenvalue weighted by molar-refractivity contribution is 0.138. The first-order valence-electron chi connectivity index (χ1n) is 6.03. The van der Waals surface area contributed by atoms with Crippen molar-refractivity contribution < 1.29 is 9.90 Å². The molecule has 1 aliphatic rings. The number of amides is 1. The maximum absolute atomic E-state index is 12.0. The second-order valence-corrected chi connectivity index (χ2v) is 5.60. The number of carbonyl (C=O) groups is 1. The van der Waals surface area contributed by atoms with Gasteiger partial charge in [0.2, 0.25) is 0 Å². The third-order valence-electron chi connectivity index (χ3n) is 3.21. The predicted octanol–water partition coefficient (Wildman–Crippen LogP) is 1.64. The quantitative estimate of drug-likeness (QED) is 0.761. The molecule has 0 unspecified atom stereocenters. The Morgan fingerprint density at radius 2 is 2.00 bits per heavy atom. The number of aromatic nitrogens is 1. The van der Waals surface area contributed by atoms with E-state index in [0.717, 1.165) is 11.3 Å². The minimum absolute atomic E-state index is 0.0231. The Labute approximate surface area is 106 Å². The van der Waals surface area contributed by atoms with Crippen molar-refractivity contribution in [3.8, 4) is 0 Å². The monoisotopic (exact) mass is 250 g/mol. The molecule has 0 spiro atoms. The van der Waals surface area contributed by atoms with E-state index in [9.17, 15) is 9.59 Å². The number of fused-ring (bicyclic) bond motifs is 1. The first-order chi connectivity index (χ1) is 8.30. The summed E-state index contributed by atoms with van der Waals surface area (Å²) in [6.07, 6.45) is -0.316. The molecule has 0 aliphatic carbocycles. The van der Waals surface area contributed by atoms with Crippen LogP contribution in [-0.2, 0) is 18.5 Å². The highest BCUT2D eigenvalue weighted by atomic mass is 16.4. The largest absolute Gasteiger partial charge is 0.465 e. The minimum Gasteiger partial charge on any atom is -0.465 e. The molecule has 5 nitrogen and oxygen atoms in total. The molecule has 0 saturated heterocycles. The Morgan fingerprint density at radius 1 is 1.33 bits per heavy atom. The van der Waals surface area contributed by atoms with Crippen LogP contribution in [-0.4, -0.2) is 27.2 Å². The van der Waals surface area contributed by atoms with Gasteiger partial charge in [-0.25, -0.2) is 4.79 Å². The highest BCUT2D eigenvalue weighted by molar-refractivity contribution is 5.65. The molecular formula is C13H18N2O3. The summed E-state index contributed by atoms with van der Waals surface area (Å²) in [5, 5.41) is 9.00. The summed E-state index contributed by atoms with van der Waals surface area (Å²) in [6.45, 7) is 6.76. The van der Waals surface area contributed by atoms with Crippen molar-refractivity contribution in [2.45, 2.75) is 39.3 Å². The fraction of sp³-hybridized carbons (Fsp3) is 0.538. The van der Waals surface area contributed by atoms with Crippen LogP contribution in [0.25, 0.3) is 0 Å². The topological polar surface area (TPSA) is 62.5 Å². The van der Waals surface area contributed by atoms with Crippen molar-refractivity contribution in [3.05, 3.63) is 33.7 Å². The van der Waals surface area contributed by atoms with E-state index < -0.39 is 6.09 Å². The molecule has 18 heavy (non-hydrogen) atoms. The van der Waals surface area contributed by atoms with E-state index in [0.29, 0.717) is 19.5 Å². The molecular weight excluding hydrogens is 232 g/mol. The van der Waals surface area contributed by atoms with Crippen LogP contribution >= 0.6 is 0 Å². The molecule has 0 atom stereocenters. The van der Waals surface area contributed by atoms with Crippen LogP contribution in [0.5, 0.6) is 0 Å². The van der Waals surface area contributed by atoms with E-state index in [2.05, 4.69) is 0 Å². The van der Waals surface area contributed by atoms with Gasteiger partial charge in [-0.05, 0) is 26.3 Å². The van der Waals surface area contributed by atoms with Crippen molar-refractivity contribution in [2.75, 3.05) is 6.54 Å². The van der Waals surface area contributed by atoms with Gasteiger partial charge in [-0.15, -0.1) is 0 Å². The first kappa shape index (κ1) is 12.7. The molecule has 1 aromatic rings. The van der Waals surface area contributed by atoms with E-state index in [4.69, 9.17) is 5.11 Å². The van der Waals surface area contributed by atoms with Crippen LogP contribution in [0, 0.1) is 0 Å². The molecule has 1 aromatic heterocycles. The second-order valence-electron chi connectivity index (χ2n) is 5.60. The van der Waals surface area contributed by atoms with Crippen LogP contribution in [0.3, 0.4) is 0 Å². The lowest BCUT2D eigenvalue weighted by Gasteiger charge is -2.33. The van der Waals surface area contributed by atoms with Gasteiger partial charge >= 0.3 is 6.09 Å². The average Bonchev–Trinajstić information content (AvgIpc) is 2.26. The van der Waals surface area contributed by atoms with Crippen molar-refractivity contribution in [1.29, 1.82) is 0 Å². The number of hydrogen-bond donors (Lipinski definition) is 1. The van der Waals surface area contributed by atoms with Gasteiger partial charge in [0.05, 0.1) is 6.54 Å². The van der Waals surface area contributed by atoms with Gasteiger partial charge in [0.25, 0.3) is 5.56 Å². The fourth-order valence-electron chi connectivity index (χ4n) is 2.46. The zero-order chi connectivity index (χ0) is 13.5. The highest BCUT2D eigenvalue weighted by Gasteiger charge is 2.26. The number of pyridine rings is 1. The molecule has 2 rings (SSSR count). The molecule has 1 amide bonds. The summed E-state index contributed by atoms with van der Waals surface area (Å²) in [5.41, 5.74) is 1.59. The predicted molar refractivity (Wildman–Crippen MR) is 67.8 cm³/mol. The number of carboxylic acid groups (broad SMARTS) is 1. The maximum Gasteiger partial charge on any atom is 0.407 e. The molecule has 5 heteroatoms. The normalized spacial score (nSPS) is 15.4. The number of rotatable bonds is 0. The van der Waals surface area contributed by atoms with Gasteiger partial charge in [0, 0.05) is 30.3 Å². The Balaban J connectivity index is 2.51. The summed E-state index contributed by atoms with van der Waals surface area (Å²) in [5.74, 6) is 0. The fourth-order valence-corrected chi connectivity index (χ4v) is 2.46. The van der Waals surface area contributed by atoms with Crippen LogP contribution in [0.2, 0.25) is 0 Å². The third kappa shape index (κ3) is 2.12. The Kier molecular flexibility index (Phi) is 2.92. The van der Waals surface area contributed by atoms with Crippen molar-refractivity contribution in [1.82, 2.24) is 9.47 Å². The molecule has 0 radical (unpaired) electrons. The summed E-state index contributed by atoms with van der Waals surface area (Å²) in [4.78, 5) is 24.3. The second kappa shape index (κ2) is 4.15. The van der Waals surface area contributed by atoms with Gasteiger partial charge in [-0.1, -0.05) is 6.07 Å². The van der Waals surface area contributed by atoms with E-state index in [-0.39, 0.29) is 11.1 Å². The van der Waals surface area contributed by atoms with Crippen LogP contribution < -0.4 is 5.56 Å². The summed E-state index contributed by atoms with van der Waals surface area (Å²) >= 11 is 0. The molecule has 1 aliphatic heterocycles. The van der Waals surface area contributed by atoms with E-state index in [1.54, 1.807) is 10.6 Å². The van der Waals surface area contributed by atoms with Crippen LogP contribution in [0.15, 0.2) is 16.9 Å². The number of nitrogens with zero attached hydrogens (tertiary/aromatic N) is 2. The summed E-state index contributed by atoms with van der Waals surface area (Å²) < 4.78 is 1.78.